The van der Waals surface area contributed by atoms with Crippen molar-refractivity contribution in [3.05, 3.63) is 47.5 Å². The molecule has 0 aromatic heterocycles. The van der Waals surface area contributed by atoms with Crippen LogP contribution in [0, 0.1) is 0 Å². The molecule has 2 rings (SSSR count). The number of carbonyl (C=O) groups excluding carboxylic acids is 2. The topological polar surface area (TPSA) is 192 Å². The van der Waals surface area contributed by atoms with Crippen LogP contribution in [0.3, 0.4) is 0 Å². The van der Waals surface area contributed by atoms with Crippen LogP contribution in [0.15, 0.2) is 36.4 Å². The van der Waals surface area contributed by atoms with Crippen molar-refractivity contribution < 1.29 is 49.1 Å². The molecule has 2 amide bonds. The van der Waals surface area contributed by atoms with E-state index in [9.17, 15) is 39.6 Å². The van der Waals surface area contributed by atoms with E-state index in [1.807, 2.05) is 0 Å². The van der Waals surface area contributed by atoms with Crippen molar-refractivity contribution in [2.45, 2.75) is 77.7 Å². The number of aliphatic carboxylic acids is 2. The number of benzene rings is 2. The van der Waals surface area contributed by atoms with E-state index < -0.39 is 47.4 Å². The van der Waals surface area contributed by atoms with E-state index in [2.05, 4.69) is 10.6 Å². The van der Waals surface area contributed by atoms with Gasteiger partial charge in [-0.05, 0) is 76.9 Å². The molecule has 40 heavy (non-hydrogen) atoms. The quantitative estimate of drug-likeness (QED) is 0.263. The molecule has 0 aliphatic carbocycles. The highest BCUT2D eigenvalue weighted by atomic mass is 16.6. The summed E-state index contributed by atoms with van der Waals surface area (Å²) in [6.07, 6.45) is -2.14. The Kier molecular flexibility index (Phi) is 9.98. The highest BCUT2D eigenvalue weighted by Gasteiger charge is 2.26. The lowest BCUT2D eigenvalue weighted by atomic mass is 9.95. The third-order valence-electron chi connectivity index (χ3n) is 5.27. The summed E-state index contributed by atoms with van der Waals surface area (Å²) in [5.41, 5.74) is -0.546. The van der Waals surface area contributed by atoms with Crippen LogP contribution < -0.4 is 10.6 Å². The number of phenolic OH excluding ortho intramolecular Hbond substituents is 2. The highest BCUT2D eigenvalue weighted by Crippen LogP contribution is 2.37. The molecule has 0 saturated heterocycles. The Morgan fingerprint density at radius 3 is 1.27 bits per heavy atom. The summed E-state index contributed by atoms with van der Waals surface area (Å²) in [5, 5.41) is 44.9. The number of aromatic hydroxyl groups is 2. The van der Waals surface area contributed by atoms with E-state index in [1.165, 1.54) is 36.4 Å². The zero-order chi connectivity index (χ0) is 30.4. The van der Waals surface area contributed by atoms with E-state index in [-0.39, 0.29) is 35.5 Å². The first kappa shape index (κ1) is 31.7. The Balaban J connectivity index is 2.32. The van der Waals surface area contributed by atoms with Gasteiger partial charge in [0, 0.05) is 24.0 Å². The third kappa shape index (κ3) is 10.0. The molecule has 2 atom stereocenters. The normalized spacial score (nSPS) is 13.1. The summed E-state index contributed by atoms with van der Waals surface area (Å²) in [5.74, 6) is -3.07. The molecule has 12 heteroatoms. The van der Waals surface area contributed by atoms with E-state index >= 15 is 0 Å². The summed E-state index contributed by atoms with van der Waals surface area (Å²) < 4.78 is 10.3. The SMILES string of the molecule is CC(C)(C)OC(=O)N[C@@H](Cc1ccc(O)c(-c2cc(C[C@H](NC(=O)OC(C)(C)C)C(=O)O)ccc2O)c1)C(=O)O. The Morgan fingerprint density at radius 1 is 0.675 bits per heavy atom. The molecular formula is C28H36N2O10. The van der Waals surface area contributed by atoms with Crippen molar-refractivity contribution in [2.75, 3.05) is 0 Å². The number of nitrogens with one attached hydrogen (secondary N) is 2. The molecule has 218 valence electrons. The lowest BCUT2D eigenvalue weighted by Gasteiger charge is -2.22. The van der Waals surface area contributed by atoms with Gasteiger partial charge in [-0.25, -0.2) is 19.2 Å². The largest absolute Gasteiger partial charge is 0.507 e. The number of rotatable bonds is 9. The average Bonchev–Trinajstić information content (AvgIpc) is 2.78. The van der Waals surface area contributed by atoms with Crippen LogP contribution in [0.25, 0.3) is 11.1 Å². The smallest absolute Gasteiger partial charge is 0.408 e. The van der Waals surface area contributed by atoms with Crippen molar-refractivity contribution in [3.8, 4) is 22.6 Å². The molecule has 12 nitrogen and oxygen atoms in total. The maximum Gasteiger partial charge on any atom is 0.408 e. The minimum absolute atomic E-state index is 0.144. The van der Waals surface area contributed by atoms with Gasteiger partial charge in [0.1, 0.15) is 34.8 Å². The summed E-state index contributed by atoms with van der Waals surface area (Å²) >= 11 is 0. The second-order valence-electron chi connectivity index (χ2n) is 11.2. The fraction of sp³-hybridized carbons (Fsp3) is 0.429. The molecule has 0 saturated carbocycles. The fourth-order valence-corrected chi connectivity index (χ4v) is 3.62. The van der Waals surface area contributed by atoms with Crippen molar-refractivity contribution in [1.82, 2.24) is 10.6 Å². The second kappa shape index (κ2) is 12.6. The molecular weight excluding hydrogens is 524 g/mol. The lowest BCUT2D eigenvalue weighted by Crippen LogP contribution is -2.44. The first-order valence-corrected chi connectivity index (χ1v) is 12.4. The predicted molar refractivity (Wildman–Crippen MR) is 144 cm³/mol. The first-order chi connectivity index (χ1) is 18.3. The van der Waals surface area contributed by atoms with Crippen molar-refractivity contribution in [2.24, 2.45) is 0 Å². The number of hydrogen-bond donors (Lipinski definition) is 6. The zero-order valence-corrected chi connectivity index (χ0v) is 23.3. The average molecular weight is 561 g/mol. The van der Waals surface area contributed by atoms with Gasteiger partial charge in [-0.2, -0.15) is 0 Å². The number of carboxylic acid groups (broad SMARTS) is 2. The molecule has 6 N–H and O–H groups in total. The van der Waals surface area contributed by atoms with Gasteiger partial charge in [-0.15, -0.1) is 0 Å². The van der Waals surface area contributed by atoms with Gasteiger partial charge in [0.2, 0.25) is 0 Å². The monoisotopic (exact) mass is 560 g/mol. The summed E-state index contributed by atoms with van der Waals surface area (Å²) in [4.78, 5) is 47.8. The predicted octanol–water partition coefficient (Wildman–Crippen LogP) is 3.81. The van der Waals surface area contributed by atoms with Gasteiger partial charge >= 0.3 is 24.1 Å². The maximum atomic E-state index is 12.1. The lowest BCUT2D eigenvalue weighted by molar-refractivity contribution is -0.140. The zero-order valence-electron chi connectivity index (χ0n) is 23.3. The van der Waals surface area contributed by atoms with E-state index in [4.69, 9.17) is 9.47 Å². The number of phenols is 2. The summed E-state index contributed by atoms with van der Waals surface area (Å²) in [6, 6.07) is 5.78. The van der Waals surface area contributed by atoms with Gasteiger partial charge in [0.05, 0.1) is 0 Å². The Bertz CT molecular complexity index is 1160. The molecule has 0 aliphatic heterocycles. The van der Waals surface area contributed by atoms with Gasteiger partial charge in [0.25, 0.3) is 0 Å². The van der Waals surface area contributed by atoms with Crippen LogP contribution in [-0.2, 0) is 31.9 Å². The number of carboxylic acids is 2. The minimum atomic E-state index is -1.34. The maximum absolute atomic E-state index is 12.1. The molecule has 0 spiro atoms. The minimum Gasteiger partial charge on any atom is -0.507 e. The van der Waals surface area contributed by atoms with Crippen molar-refractivity contribution in [3.63, 3.8) is 0 Å². The van der Waals surface area contributed by atoms with Crippen LogP contribution in [0.5, 0.6) is 11.5 Å². The molecule has 0 unspecified atom stereocenters. The molecule has 0 aliphatic rings. The molecule has 0 radical (unpaired) electrons. The van der Waals surface area contributed by atoms with E-state index in [0.717, 1.165) is 0 Å². The Morgan fingerprint density at radius 2 is 1.00 bits per heavy atom. The fourth-order valence-electron chi connectivity index (χ4n) is 3.62. The molecule has 2 aromatic rings. The van der Waals surface area contributed by atoms with Gasteiger partial charge in [-0.1, -0.05) is 12.1 Å². The van der Waals surface area contributed by atoms with Gasteiger partial charge < -0.3 is 40.5 Å². The van der Waals surface area contributed by atoms with Gasteiger partial charge in [-0.3, -0.25) is 0 Å². The molecule has 0 heterocycles. The number of ether oxygens (including phenoxy) is 2. The Labute approximate surface area is 231 Å². The standard InChI is InChI=1S/C28H36N2O10/c1-27(2,3)39-25(37)29-19(23(33)34)13-15-7-9-21(31)17(11-15)18-12-16(8-10-22(18)32)14-20(24(35)36)30-26(38)40-28(4,5)6/h7-12,19-20,31-32H,13-14H2,1-6H3,(H,29,37)(H,30,38)(H,33,34)(H,35,36)/t19-,20-/m0/s1. The highest BCUT2D eigenvalue weighted by molar-refractivity contribution is 5.82. The summed E-state index contributed by atoms with van der Waals surface area (Å²) in [6.45, 7) is 9.84. The van der Waals surface area contributed by atoms with Crippen LogP contribution in [0.2, 0.25) is 0 Å². The number of alkyl carbamates (subject to hydrolysis) is 2. The number of hydrogen-bond acceptors (Lipinski definition) is 8. The van der Waals surface area contributed by atoms with Crippen molar-refractivity contribution in [1.29, 1.82) is 0 Å². The van der Waals surface area contributed by atoms with E-state index in [0.29, 0.717) is 11.1 Å². The Hall–Kier alpha value is -4.48. The summed E-state index contributed by atoms with van der Waals surface area (Å²) in [7, 11) is 0. The van der Waals surface area contributed by atoms with E-state index in [1.54, 1.807) is 41.5 Å². The van der Waals surface area contributed by atoms with Crippen LogP contribution in [0.4, 0.5) is 9.59 Å². The first-order valence-electron chi connectivity index (χ1n) is 12.4. The van der Waals surface area contributed by atoms with Crippen LogP contribution >= 0.6 is 0 Å². The molecule has 0 fully saturated rings. The third-order valence-corrected chi connectivity index (χ3v) is 5.27. The molecule has 2 aromatic carbocycles. The second-order valence-corrected chi connectivity index (χ2v) is 11.2. The van der Waals surface area contributed by atoms with Crippen LogP contribution in [0.1, 0.15) is 52.7 Å². The molecule has 0 bridgehead atoms. The number of amides is 2. The number of carbonyl (C=O) groups is 4. The van der Waals surface area contributed by atoms with Crippen LogP contribution in [-0.4, -0.2) is 67.8 Å². The van der Waals surface area contributed by atoms with Crippen molar-refractivity contribution >= 4 is 24.1 Å². The van der Waals surface area contributed by atoms with Gasteiger partial charge in [0.15, 0.2) is 0 Å².